The molecule has 2 aliphatic heterocycles. The van der Waals surface area contributed by atoms with Gasteiger partial charge in [-0.15, -0.1) is 10.2 Å². The number of anilines is 2. The van der Waals surface area contributed by atoms with Gasteiger partial charge in [0.1, 0.15) is 11.5 Å². The summed E-state index contributed by atoms with van der Waals surface area (Å²) in [5.41, 5.74) is 3.25. The number of methoxy groups -OCH3 is 2. The minimum absolute atomic E-state index is 0.116. The van der Waals surface area contributed by atoms with Crippen LogP contribution in [0.2, 0.25) is 0 Å². The highest BCUT2D eigenvalue weighted by molar-refractivity contribution is 6.00. The summed E-state index contributed by atoms with van der Waals surface area (Å²) in [5.74, 6) is -3.32. The summed E-state index contributed by atoms with van der Waals surface area (Å²) in [6.07, 6.45) is -3.76. The quantitative estimate of drug-likeness (QED) is 0.0953. The van der Waals surface area contributed by atoms with E-state index >= 15 is 0 Å². The van der Waals surface area contributed by atoms with E-state index in [1.807, 2.05) is 35.2 Å². The van der Waals surface area contributed by atoms with Crippen LogP contribution in [0, 0.1) is 0 Å². The fraction of sp³-hybridized carbons (Fsp3) is 0.362. The smallest absolute Gasteiger partial charge is 0.471 e. The fourth-order valence-electron chi connectivity index (χ4n) is 7.46. The van der Waals surface area contributed by atoms with E-state index in [-0.39, 0.29) is 36.6 Å². The molecular weight excluding hydrogens is 889 g/mol. The molecule has 2 fully saturated rings. The first-order valence-corrected chi connectivity index (χ1v) is 21.4. The fourth-order valence-corrected chi connectivity index (χ4v) is 7.46. The van der Waals surface area contributed by atoms with Crippen molar-refractivity contribution in [3.8, 4) is 23.0 Å². The Hall–Kier alpha value is -7.12. The topological polar surface area (TPSA) is 151 Å². The van der Waals surface area contributed by atoms with Crippen molar-refractivity contribution >= 4 is 35.1 Å². The molecule has 0 radical (unpaired) electrons. The summed E-state index contributed by atoms with van der Waals surface area (Å²) in [6.45, 7) is 2.43. The van der Waals surface area contributed by atoms with Crippen LogP contribution < -0.4 is 24.6 Å². The highest BCUT2D eigenvalue weighted by Gasteiger charge is 2.39. The Balaban J connectivity index is 0.000000221. The third-order valence-electron chi connectivity index (χ3n) is 11.0. The number of amides is 5. The van der Waals surface area contributed by atoms with E-state index in [4.69, 9.17) is 13.9 Å². The zero-order chi connectivity index (χ0) is 48.1. The second-order valence-corrected chi connectivity index (χ2v) is 15.6. The summed E-state index contributed by atoms with van der Waals surface area (Å²) in [7, 11) is 3.08. The lowest BCUT2D eigenvalue weighted by molar-refractivity contribution is -0.173. The maximum absolute atomic E-state index is 13.4. The molecule has 0 atom stereocenters. The van der Waals surface area contributed by atoms with Gasteiger partial charge >= 0.3 is 36.2 Å². The van der Waals surface area contributed by atoms with E-state index in [1.54, 1.807) is 81.7 Å². The van der Waals surface area contributed by atoms with Crippen molar-refractivity contribution in [3.63, 3.8) is 0 Å². The molecular formula is C47H49F6N7O7. The Kier molecular flexibility index (Phi) is 16.5. The number of hydrogen-bond donors (Lipinski definition) is 1. The molecule has 3 heterocycles. The number of halogens is 6. The standard InChI is InChI=1S/C24H26F3N3O4.C23H23F3N4O3/c1-34-21-8-4-3-7-19(21)30(23(33)29-13-5-2-6-14-29)16-17-9-11-18(12-10-17)20(31)15-28-22(32)24(25,26)27;1-32-19-8-4-3-7-18(19)30(22(31)29-13-5-2-6-14-29)15-16-9-11-17(12-10-16)20-27-28-21(33-20)23(24,25)26/h3-4,7-12H,2,5-6,13-16H2,1H3,(H,28,32);3-4,7-12H,2,5-6,13-15H2,1H3. The van der Waals surface area contributed by atoms with Gasteiger partial charge in [0.25, 0.3) is 0 Å². The maximum atomic E-state index is 13.4. The van der Waals surface area contributed by atoms with Gasteiger partial charge in [-0.2, -0.15) is 26.3 Å². The number of nitrogens with one attached hydrogen (secondary N) is 1. The number of alkyl halides is 6. The number of ether oxygens (including phenoxy) is 2. The molecule has 0 bridgehead atoms. The Morgan fingerprint density at radius 2 is 1.07 bits per heavy atom. The molecule has 4 aromatic carbocycles. The average Bonchev–Trinajstić information content (AvgIpc) is 3.86. The number of urea groups is 2. The van der Waals surface area contributed by atoms with E-state index in [0.29, 0.717) is 60.2 Å². The van der Waals surface area contributed by atoms with Crippen LogP contribution in [0.15, 0.2) is 101 Å². The Morgan fingerprint density at radius 1 is 0.627 bits per heavy atom. The lowest BCUT2D eigenvalue weighted by Gasteiger charge is -2.33. The molecule has 0 aliphatic carbocycles. The molecule has 1 N–H and O–H groups in total. The zero-order valence-corrected chi connectivity index (χ0v) is 36.7. The molecule has 2 aliphatic rings. The molecule has 20 heteroatoms. The molecule has 356 valence electrons. The van der Waals surface area contributed by atoms with E-state index in [9.17, 15) is 45.5 Å². The van der Waals surface area contributed by atoms with Crippen LogP contribution in [-0.4, -0.2) is 96.9 Å². The van der Waals surface area contributed by atoms with Crippen LogP contribution in [0.1, 0.15) is 65.9 Å². The van der Waals surface area contributed by atoms with Gasteiger partial charge < -0.3 is 29.0 Å². The highest BCUT2D eigenvalue weighted by Crippen LogP contribution is 2.34. The van der Waals surface area contributed by atoms with E-state index in [1.165, 1.54) is 19.2 Å². The van der Waals surface area contributed by atoms with Gasteiger partial charge in [0.2, 0.25) is 5.89 Å². The highest BCUT2D eigenvalue weighted by atomic mass is 19.4. The van der Waals surface area contributed by atoms with Gasteiger partial charge in [-0.3, -0.25) is 19.4 Å². The third-order valence-corrected chi connectivity index (χ3v) is 11.0. The Bertz CT molecular complexity index is 2450. The van der Waals surface area contributed by atoms with Crippen molar-refractivity contribution in [2.45, 2.75) is 64.0 Å². The summed E-state index contributed by atoms with van der Waals surface area (Å²) < 4.78 is 90.8. The van der Waals surface area contributed by atoms with Gasteiger partial charge in [0.05, 0.1) is 45.2 Å². The summed E-state index contributed by atoms with van der Waals surface area (Å²) >= 11 is 0. The zero-order valence-electron chi connectivity index (χ0n) is 36.7. The molecule has 2 saturated heterocycles. The number of carbonyl (C=O) groups excluding carboxylic acids is 4. The van der Waals surface area contributed by atoms with Crippen LogP contribution in [0.5, 0.6) is 11.5 Å². The maximum Gasteiger partial charge on any atom is 0.471 e. The van der Waals surface area contributed by atoms with E-state index in [2.05, 4.69) is 10.2 Å². The van der Waals surface area contributed by atoms with Gasteiger partial charge in [-0.1, -0.05) is 60.7 Å². The monoisotopic (exact) mass is 937 g/mol. The van der Waals surface area contributed by atoms with Crippen LogP contribution in [-0.2, 0) is 24.1 Å². The number of piperidine rings is 2. The number of para-hydroxylation sites is 4. The second-order valence-electron chi connectivity index (χ2n) is 15.6. The van der Waals surface area contributed by atoms with Gasteiger partial charge in [-0.25, -0.2) is 9.59 Å². The van der Waals surface area contributed by atoms with Crippen LogP contribution >= 0.6 is 0 Å². The Labute approximate surface area is 382 Å². The number of hydrogen-bond acceptors (Lipinski definition) is 9. The van der Waals surface area contributed by atoms with Crippen LogP contribution in [0.4, 0.5) is 47.3 Å². The summed E-state index contributed by atoms with van der Waals surface area (Å²) in [6, 6.07) is 27.0. The summed E-state index contributed by atoms with van der Waals surface area (Å²) in [5, 5.41) is 8.10. The van der Waals surface area contributed by atoms with Crippen molar-refractivity contribution in [1.82, 2.24) is 25.3 Å². The number of likely N-dealkylation sites (tertiary alicyclic amines) is 2. The minimum atomic E-state index is -5.05. The molecule has 5 aromatic rings. The second kappa shape index (κ2) is 22.4. The number of Topliss-reactive ketones (excluding diaryl/α,β-unsaturated/α-hetero) is 1. The molecule has 0 unspecified atom stereocenters. The van der Waals surface area contributed by atoms with Crippen molar-refractivity contribution in [3.05, 3.63) is 120 Å². The number of rotatable bonds is 12. The molecule has 1 aromatic heterocycles. The van der Waals surface area contributed by atoms with Crippen molar-refractivity contribution in [2.24, 2.45) is 0 Å². The first-order chi connectivity index (χ1) is 32.1. The SMILES string of the molecule is COc1ccccc1N(Cc1ccc(-c2nnc(C(F)(F)F)o2)cc1)C(=O)N1CCCCC1.COc1ccccc1N(Cc1ccc(C(=O)CNC(=O)C(F)(F)F)cc1)C(=O)N1CCCCC1. The largest absolute Gasteiger partial charge is 0.495 e. The molecule has 7 rings (SSSR count). The van der Waals surface area contributed by atoms with E-state index < -0.39 is 36.5 Å². The third kappa shape index (κ3) is 13.0. The minimum Gasteiger partial charge on any atom is -0.495 e. The van der Waals surface area contributed by atoms with Crippen molar-refractivity contribution < 1.29 is 59.4 Å². The molecule has 67 heavy (non-hydrogen) atoms. The number of carbonyl (C=O) groups is 4. The lowest BCUT2D eigenvalue weighted by atomic mass is 10.1. The van der Waals surface area contributed by atoms with Crippen LogP contribution in [0.3, 0.4) is 0 Å². The Morgan fingerprint density at radius 3 is 1.49 bits per heavy atom. The first-order valence-electron chi connectivity index (χ1n) is 21.4. The van der Waals surface area contributed by atoms with Crippen molar-refractivity contribution in [1.29, 1.82) is 0 Å². The van der Waals surface area contributed by atoms with Gasteiger partial charge in [0.15, 0.2) is 5.78 Å². The van der Waals surface area contributed by atoms with Gasteiger partial charge in [0, 0.05) is 37.3 Å². The average molecular weight is 938 g/mol. The lowest BCUT2D eigenvalue weighted by Crippen LogP contribution is -2.45. The molecule has 0 spiro atoms. The predicted octanol–water partition coefficient (Wildman–Crippen LogP) is 9.55. The molecule has 0 saturated carbocycles. The molecule has 14 nitrogen and oxygen atoms in total. The number of benzene rings is 4. The normalized spacial score (nSPS) is 14.0. The summed E-state index contributed by atoms with van der Waals surface area (Å²) in [4.78, 5) is 56.8. The van der Waals surface area contributed by atoms with E-state index in [0.717, 1.165) is 44.1 Å². The van der Waals surface area contributed by atoms with Crippen LogP contribution in [0.25, 0.3) is 11.5 Å². The first kappa shape index (κ1) is 49.3. The number of nitrogens with zero attached hydrogens (tertiary/aromatic N) is 6. The number of aromatic nitrogens is 2. The van der Waals surface area contributed by atoms with Crippen molar-refractivity contribution in [2.75, 3.05) is 56.7 Å². The van der Waals surface area contributed by atoms with Gasteiger partial charge in [-0.05, 0) is 86.1 Å². The number of ketones is 1. The predicted molar refractivity (Wildman–Crippen MR) is 235 cm³/mol. The molecule has 5 amide bonds.